The lowest BCUT2D eigenvalue weighted by Gasteiger charge is -2.49. The Labute approximate surface area is 375 Å². The van der Waals surface area contributed by atoms with Gasteiger partial charge in [-0.2, -0.15) is 0 Å². The molecule has 338 valence electrons. The van der Waals surface area contributed by atoms with Crippen molar-refractivity contribution in [2.45, 2.75) is 107 Å². The summed E-state index contributed by atoms with van der Waals surface area (Å²) in [6.07, 6.45) is -1.23. The van der Waals surface area contributed by atoms with Crippen molar-refractivity contribution in [1.29, 1.82) is 0 Å². The fraction of sp³-hybridized carbons (Fsp3) is 0.417. The van der Waals surface area contributed by atoms with Crippen LogP contribution in [0.15, 0.2) is 101 Å². The molecule has 2 aliphatic carbocycles. The summed E-state index contributed by atoms with van der Waals surface area (Å²) in [4.78, 5) is 82.9. The van der Waals surface area contributed by atoms with E-state index < -0.39 is 76.2 Å². The zero-order valence-electron chi connectivity index (χ0n) is 35.8. The number of rotatable bonds is 16. The third-order valence-corrected chi connectivity index (χ3v) is 12.6. The topological polar surface area (TPSA) is 207 Å². The number of esters is 2. The lowest BCUT2D eigenvalue weighted by molar-refractivity contribution is -0.174. The van der Waals surface area contributed by atoms with Crippen molar-refractivity contribution >= 4 is 47.1 Å². The number of aliphatic hydroxyl groups excluding tert-OH is 2. The van der Waals surface area contributed by atoms with Crippen LogP contribution in [0, 0.1) is 0 Å². The maximum Gasteiger partial charge on any atom is 0.407 e. The Morgan fingerprint density at radius 2 is 1.59 bits per heavy atom. The van der Waals surface area contributed by atoms with Gasteiger partial charge in [0.2, 0.25) is 23.1 Å². The molecular weight excluding hydrogens is 846 g/mol. The number of fused-ring (bicyclic) bond motifs is 4. The summed E-state index contributed by atoms with van der Waals surface area (Å²) in [5.41, 5.74) is 0.734. The summed E-state index contributed by atoms with van der Waals surface area (Å²) in [5, 5.41) is 27.3. The number of alkyl carbamates (subject to hydrolysis) is 1. The molecule has 7 rings (SSSR count). The molecule has 4 N–H and O–H groups in total. The number of nitrogens with zero attached hydrogens (tertiary/aromatic N) is 1. The van der Waals surface area contributed by atoms with Crippen molar-refractivity contribution in [3.63, 3.8) is 0 Å². The highest BCUT2D eigenvalue weighted by Gasteiger charge is 2.60. The largest absolute Gasteiger partial charge is 0.459 e. The van der Waals surface area contributed by atoms with Crippen molar-refractivity contribution in [2.75, 3.05) is 19.8 Å². The lowest BCUT2D eigenvalue weighted by atomic mass is 9.74. The first-order valence-corrected chi connectivity index (χ1v) is 21.9. The average Bonchev–Trinajstić information content (AvgIpc) is 3.91. The Kier molecular flexibility index (Phi) is 14.0. The Morgan fingerprint density at radius 3 is 2.22 bits per heavy atom. The van der Waals surface area contributed by atoms with Crippen LogP contribution in [0.25, 0.3) is 11.1 Å². The van der Waals surface area contributed by atoms with E-state index >= 15 is 0 Å². The van der Waals surface area contributed by atoms with Crippen LogP contribution in [0.2, 0.25) is 0 Å². The second-order valence-corrected chi connectivity index (χ2v) is 16.9. The quantitative estimate of drug-likeness (QED) is 0.0841. The van der Waals surface area contributed by atoms with Crippen LogP contribution < -0.4 is 10.6 Å². The number of Topliss-reactive ketones (excluding diaryl/α,β-unsaturated/α-hetero) is 2. The third-order valence-electron chi connectivity index (χ3n) is 12.2. The first kappa shape index (κ1) is 46.1. The highest BCUT2D eigenvalue weighted by atomic mass is 35.5. The molecule has 0 bridgehead atoms. The van der Waals surface area contributed by atoms with Crippen molar-refractivity contribution in [1.82, 2.24) is 15.5 Å². The zero-order chi connectivity index (χ0) is 45.8. The van der Waals surface area contributed by atoms with Crippen molar-refractivity contribution in [3.05, 3.63) is 118 Å². The van der Waals surface area contributed by atoms with Gasteiger partial charge in [0.15, 0.2) is 11.8 Å². The van der Waals surface area contributed by atoms with E-state index in [2.05, 4.69) is 10.6 Å². The van der Waals surface area contributed by atoms with Gasteiger partial charge >= 0.3 is 18.0 Å². The number of nitrogens with one attached hydrogen (secondary N) is 2. The van der Waals surface area contributed by atoms with Gasteiger partial charge in [0, 0.05) is 49.3 Å². The van der Waals surface area contributed by atoms with Gasteiger partial charge in [0.25, 0.3) is 0 Å². The number of carbonyl (C=O) groups is 6. The number of ether oxygens (including phenoxy) is 4. The van der Waals surface area contributed by atoms with Crippen LogP contribution >= 0.6 is 11.6 Å². The van der Waals surface area contributed by atoms with Crippen molar-refractivity contribution < 1.29 is 57.9 Å². The number of halogens is 1. The summed E-state index contributed by atoms with van der Waals surface area (Å²) < 4.78 is 22.8. The van der Waals surface area contributed by atoms with Crippen LogP contribution in [0.3, 0.4) is 0 Å². The van der Waals surface area contributed by atoms with E-state index in [1.165, 1.54) is 20.0 Å². The molecule has 2 heterocycles. The molecule has 2 aliphatic heterocycles. The van der Waals surface area contributed by atoms with Crippen LogP contribution in [0.4, 0.5) is 4.79 Å². The summed E-state index contributed by atoms with van der Waals surface area (Å²) in [6, 6.07) is 21.7. The van der Waals surface area contributed by atoms with Gasteiger partial charge in [-0.1, -0.05) is 97.4 Å². The fourth-order valence-electron chi connectivity index (χ4n) is 8.86. The monoisotopic (exact) mass is 897 g/mol. The molecule has 0 radical (unpaired) electrons. The van der Waals surface area contributed by atoms with Crippen LogP contribution in [0.1, 0.15) is 81.9 Å². The summed E-state index contributed by atoms with van der Waals surface area (Å²) >= 11 is 6.60. The Hall–Kier alpha value is -5.87. The number of benzene rings is 3. The number of hydrogen-bond acceptors (Lipinski definition) is 13. The van der Waals surface area contributed by atoms with E-state index in [4.69, 9.17) is 30.5 Å². The molecule has 3 aromatic rings. The van der Waals surface area contributed by atoms with Gasteiger partial charge in [0.05, 0.1) is 11.1 Å². The molecular formula is C48H52ClN3O12. The summed E-state index contributed by atoms with van der Waals surface area (Å²) in [6.45, 7) is 4.36. The smallest absolute Gasteiger partial charge is 0.407 e. The summed E-state index contributed by atoms with van der Waals surface area (Å²) in [7, 11) is 0. The number of aliphatic hydroxyl groups is 2. The highest BCUT2D eigenvalue weighted by molar-refractivity contribution is 6.49. The molecule has 0 unspecified atom stereocenters. The first-order chi connectivity index (χ1) is 30.7. The van der Waals surface area contributed by atoms with Crippen molar-refractivity contribution in [2.24, 2.45) is 0 Å². The molecule has 1 saturated heterocycles. The van der Waals surface area contributed by atoms with Gasteiger partial charge in [-0.15, -0.1) is 0 Å². The molecule has 0 aromatic heterocycles. The lowest BCUT2D eigenvalue weighted by Crippen LogP contribution is -2.62. The molecule has 1 spiro atoms. The molecule has 6 atom stereocenters. The normalized spacial score (nSPS) is 22.8. The number of amides is 2. The van der Waals surface area contributed by atoms with Gasteiger partial charge in [-0.25, -0.2) is 9.59 Å². The minimum Gasteiger partial charge on any atom is -0.459 e. The average molecular weight is 898 g/mol. The SMILES string of the molecule is CCCC(=O)O[C@@]1(C)C(=O)C2=CN(CCC[C@H](NC(=O)OCC3c4ccccc4-c4ccccc43)C(=O)N[C@H](C(=O)OCc3ccccc3)[C@@H](C)O)[C@]3(CCCO3)[C@H](O)C2=C(Cl)C1=O. The van der Waals surface area contributed by atoms with E-state index in [0.717, 1.165) is 22.3 Å². The molecule has 1 fully saturated rings. The van der Waals surface area contributed by atoms with Gasteiger partial charge < -0.3 is 44.7 Å². The molecule has 64 heavy (non-hydrogen) atoms. The van der Waals surface area contributed by atoms with E-state index in [9.17, 15) is 39.0 Å². The van der Waals surface area contributed by atoms with E-state index in [0.29, 0.717) is 18.4 Å². The van der Waals surface area contributed by atoms with E-state index in [1.54, 1.807) is 36.1 Å². The predicted octanol–water partition coefficient (Wildman–Crippen LogP) is 5.10. The maximum atomic E-state index is 14.1. The maximum absolute atomic E-state index is 14.1. The van der Waals surface area contributed by atoms with Crippen LogP contribution in [0.5, 0.6) is 0 Å². The molecule has 0 saturated carbocycles. The molecule has 2 amide bonds. The van der Waals surface area contributed by atoms with E-state index in [1.807, 2.05) is 54.6 Å². The van der Waals surface area contributed by atoms with Gasteiger partial charge in [0.1, 0.15) is 25.4 Å². The van der Waals surface area contributed by atoms with E-state index in [-0.39, 0.29) is 69.1 Å². The second kappa shape index (κ2) is 19.5. The third kappa shape index (κ3) is 9.07. The highest BCUT2D eigenvalue weighted by Crippen LogP contribution is 2.48. The first-order valence-electron chi connectivity index (χ1n) is 21.5. The minimum absolute atomic E-state index is 0.0358. The van der Waals surface area contributed by atoms with Crippen LogP contribution in [-0.2, 0) is 49.5 Å². The standard InChI is InChI=1S/C48H52ClN3O12/c1-4-14-37(54)64-47(3)41(55)34-25-52(48(22-13-24-63-48)42(56)38(34)39(49)43(47)57)23-12-21-36(44(58)51-40(28(2)53)45(59)61-26-29-15-6-5-7-16-29)50-46(60)62-27-35-32-19-10-8-17-30(32)31-18-9-11-20-33(31)35/h5-11,15-20,25,28,35-36,40,42,53,56H,4,12-14,21-24,26-27H2,1-3H3,(H,50,60)(H,51,58)/t28-,36+,40+,42-,47+,48+/m1/s1. The molecule has 3 aromatic carbocycles. The molecule has 4 aliphatic rings. The number of carbonyl (C=O) groups excluding carboxylic acids is 6. The van der Waals surface area contributed by atoms with Gasteiger partial charge in [-0.3, -0.25) is 19.2 Å². The zero-order valence-corrected chi connectivity index (χ0v) is 36.6. The minimum atomic E-state index is -2.27. The number of ketones is 2. The molecule has 16 heteroatoms. The molecule has 15 nitrogen and oxygen atoms in total. The second-order valence-electron chi connectivity index (χ2n) is 16.6. The Bertz CT molecular complexity index is 2310. The summed E-state index contributed by atoms with van der Waals surface area (Å²) in [5.74, 6) is -4.57. The van der Waals surface area contributed by atoms with Gasteiger partial charge in [-0.05, 0) is 67.3 Å². The fourth-order valence-corrected chi connectivity index (χ4v) is 9.24. The Morgan fingerprint density at radius 1 is 0.938 bits per heavy atom. The van der Waals surface area contributed by atoms with Crippen LogP contribution in [-0.4, -0.2) is 106 Å². The number of hydrogen-bond donors (Lipinski definition) is 4. The Balaban J connectivity index is 1.11. The predicted molar refractivity (Wildman–Crippen MR) is 232 cm³/mol. The van der Waals surface area contributed by atoms with Crippen molar-refractivity contribution in [3.8, 4) is 11.1 Å².